The van der Waals surface area contributed by atoms with Gasteiger partial charge in [0, 0.05) is 30.4 Å². The van der Waals surface area contributed by atoms with Crippen molar-refractivity contribution in [1.82, 2.24) is 10.2 Å². The summed E-state index contributed by atoms with van der Waals surface area (Å²) in [5.74, 6) is 0.279. The molecule has 0 atom stereocenters. The van der Waals surface area contributed by atoms with E-state index in [0.717, 1.165) is 42.7 Å². The van der Waals surface area contributed by atoms with E-state index in [2.05, 4.69) is 15.5 Å². The van der Waals surface area contributed by atoms with E-state index in [1.54, 1.807) is 0 Å². The lowest BCUT2D eigenvalue weighted by Crippen LogP contribution is -2.44. The number of hydrogen-bond acceptors (Lipinski definition) is 6. The number of nitrogens with one attached hydrogen (secondary N) is 2. The van der Waals surface area contributed by atoms with E-state index in [9.17, 15) is 9.90 Å². The second-order valence-corrected chi connectivity index (χ2v) is 6.47. The summed E-state index contributed by atoms with van der Waals surface area (Å²) in [6, 6.07) is 6.43. The minimum Gasteiger partial charge on any atom is -0.459 e. The number of rotatable bonds is 6. The molecule has 25 heavy (non-hydrogen) atoms. The highest BCUT2D eigenvalue weighted by Crippen LogP contribution is 2.21. The number of likely N-dealkylation sites (tertiary alicyclic amines) is 1. The van der Waals surface area contributed by atoms with Crippen LogP contribution in [0.3, 0.4) is 0 Å². The second-order valence-electron chi connectivity index (χ2n) is 6.47. The fourth-order valence-corrected chi connectivity index (χ4v) is 3.14. The van der Waals surface area contributed by atoms with E-state index in [4.69, 9.17) is 9.47 Å². The zero-order valence-corrected chi connectivity index (χ0v) is 14.5. The van der Waals surface area contributed by atoms with Crippen LogP contribution in [0.5, 0.6) is 0 Å². The molecule has 1 fully saturated rings. The van der Waals surface area contributed by atoms with Crippen molar-refractivity contribution in [3.05, 3.63) is 41.5 Å². The number of benzene rings is 1. The molecule has 0 saturated carbocycles. The third-order valence-corrected chi connectivity index (χ3v) is 4.48. The smallest absolute Gasteiger partial charge is 0.240 e. The molecule has 1 aromatic rings. The van der Waals surface area contributed by atoms with E-state index in [0.29, 0.717) is 18.5 Å². The summed E-state index contributed by atoms with van der Waals surface area (Å²) in [6.45, 7) is 4.25. The van der Waals surface area contributed by atoms with Gasteiger partial charge in [-0.2, -0.15) is 0 Å². The van der Waals surface area contributed by atoms with Crippen molar-refractivity contribution in [2.75, 3.05) is 31.7 Å². The van der Waals surface area contributed by atoms with Gasteiger partial charge >= 0.3 is 0 Å². The first-order valence-electron chi connectivity index (χ1n) is 8.58. The normalized spacial score (nSPS) is 18.2. The van der Waals surface area contributed by atoms with E-state index in [1.807, 2.05) is 25.1 Å². The maximum absolute atomic E-state index is 12.0. The molecule has 7 nitrogen and oxygen atoms in total. The molecule has 0 spiro atoms. The maximum Gasteiger partial charge on any atom is 0.240 e. The van der Waals surface area contributed by atoms with Gasteiger partial charge in [-0.05, 0) is 25.8 Å². The average molecular weight is 347 g/mol. The predicted molar refractivity (Wildman–Crippen MR) is 93.4 cm³/mol. The van der Waals surface area contributed by atoms with Gasteiger partial charge in [0.2, 0.25) is 18.6 Å². The highest BCUT2D eigenvalue weighted by atomic mass is 16.7. The van der Waals surface area contributed by atoms with Crippen LogP contribution in [0.2, 0.25) is 0 Å². The second kappa shape index (κ2) is 8.22. The molecule has 2 aliphatic heterocycles. The first-order chi connectivity index (χ1) is 12.1. The Hall–Kier alpha value is -2.25. The highest BCUT2D eigenvalue weighted by Gasteiger charge is 2.22. The summed E-state index contributed by atoms with van der Waals surface area (Å²) >= 11 is 0. The Kier molecular flexibility index (Phi) is 5.78. The fourth-order valence-electron chi connectivity index (χ4n) is 3.14. The van der Waals surface area contributed by atoms with Gasteiger partial charge in [0.1, 0.15) is 6.26 Å². The molecule has 3 N–H and O–H groups in total. The van der Waals surface area contributed by atoms with Crippen LogP contribution in [0.4, 0.5) is 5.69 Å². The molecule has 0 radical (unpaired) electrons. The minimum atomic E-state index is -0.0933. The Bertz CT molecular complexity index is 639. The number of carbonyl (C=O) groups is 1. The number of amides is 1. The van der Waals surface area contributed by atoms with Crippen LogP contribution in [-0.2, 0) is 20.9 Å². The first-order valence-corrected chi connectivity index (χ1v) is 8.58. The summed E-state index contributed by atoms with van der Waals surface area (Å²) in [7, 11) is 0. The van der Waals surface area contributed by atoms with Crippen LogP contribution < -0.4 is 10.6 Å². The molecule has 2 aliphatic rings. The van der Waals surface area contributed by atoms with Crippen molar-refractivity contribution in [2.24, 2.45) is 0 Å². The van der Waals surface area contributed by atoms with Crippen molar-refractivity contribution in [1.29, 1.82) is 0 Å². The number of ether oxygens (including phenoxy) is 2. The van der Waals surface area contributed by atoms with Gasteiger partial charge in [-0.1, -0.05) is 17.7 Å². The molecule has 1 amide bonds. The van der Waals surface area contributed by atoms with Gasteiger partial charge in [0.05, 0.1) is 13.2 Å². The fraction of sp³-hybridized carbons (Fsp3) is 0.500. The summed E-state index contributed by atoms with van der Waals surface area (Å²) in [5.41, 5.74) is 3.06. The third kappa shape index (κ3) is 4.87. The minimum absolute atomic E-state index is 0.0324. The van der Waals surface area contributed by atoms with Crippen LogP contribution in [0.1, 0.15) is 24.0 Å². The average Bonchev–Trinajstić information content (AvgIpc) is 3.11. The number of aryl methyl sites for hydroxylation is 1. The lowest BCUT2D eigenvalue weighted by Gasteiger charge is -2.32. The summed E-state index contributed by atoms with van der Waals surface area (Å²) in [5, 5.41) is 15.7. The van der Waals surface area contributed by atoms with Crippen LogP contribution in [-0.4, -0.2) is 48.4 Å². The van der Waals surface area contributed by atoms with Gasteiger partial charge in [-0.15, -0.1) is 0 Å². The van der Waals surface area contributed by atoms with Crippen LogP contribution >= 0.6 is 0 Å². The van der Waals surface area contributed by atoms with Crippen molar-refractivity contribution in [3.8, 4) is 0 Å². The van der Waals surface area contributed by atoms with Gasteiger partial charge in [-0.3, -0.25) is 15.0 Å². The summed E-state index contributed by atoms with van der Waals surface area (Å²) < 4.78 is 9.99. The SMILES string of the molecule is Cc1ccc(NC2CCN(CC(=O)NC3=COCO3)CC2)c(CO)c1. The summed E-state index contributed by atoms with van der Waals surface area (Å²) in [4.78, 5) is 14.1. The molecule has 1 saturated heterocycles. The van der Waals surface area contributed by atoms with E-state index < -0.39 is 0 Å². The molecule has 0 aromatic heterocycles. The van der Waals surface area contributed by atoms with Gasteiger partial charge in [-0.25, -0.2) is 0 Å². The number of aliphatic hydroxyl groups is 1. The topological polar surface area (TPSA) is 83.1 Å². The maximum atomic E-state index is 12.0. The Morgan fingerprint density at radius 1 is 1.36 bits per heavy atom. The molecule has 0 bridgehead atoms. The number of nitrogens with zero attached hydrogens (tertiary/aromatic N) is 1. The van der Waals surface area contributed by atoms with Crippen LogP contribution in [0.15, 0.2) is 30.3 Å². The van der Waals surface area contributed by atoms with Gasteiger partial charge in [0.25, 0.3) is 0 Å². The lowest BCUT2D eigenvalue weighted by molar-refractivity contribution is -0.122. The largest absolute Gasteiger partial charge is 0.459 e. The third-order valence-electron chi connectivity index (χ3n) is 4.48. The Balaban J connectivity index is 1.45. The van der Waals surface area contributed by atoms with Crippen molar-refractivity contribution < 1.29 is 19.4 Å². The van der Waals surface area contributed by atoms with Crippen molar-refractivity contribution in [2.45, 2.75) is 32.4 Å². The summed E-state index contributed by atoms with van der Waals surface area (Å²) in [6.07, 6.45) is 3.32. The highest BCUT2D eigenvalue weighted by molar-refractivity contribution is 5.79. The molecular weight excluding hydrogens is 322 g/mol. The molecule has 0 unspecified atom stereocenters. The zero-order chi connectivity index (χ0) is 17.6. The molecule has 7 heteroatoms. The number of aliphatic hydroxyl groups excluding tert-OH is 1. The predicted octanol–water partition coefficient (Wildman–Crippen LogP) is 1.28. The molecule has 2 heterocycles. The number of piperidine rings is 1. The monoisotopic (exact) mass is 347 g/mol. The van der Waals surface area contributed by atoms with Crippen molar-refractivity contribution >= 4 is 11.6 Å². The Labute approximate surface area is 147 Å². The Morgan fingerprint density at radius 3 is 2.84 bits per heavy atom. The van der Waals surface area contributed by atoms with Crippen LogP contribution in [0, 0.1) is 6.92 Å². The quantitative estimate of drug-likeness (QED) is 0.719. The number of carbonyl (C=O) groups excluding carboxylic acids is 1. The molecule has 3 rings (SSSR count). The van der Waals surface area contributed by atoms with Crippen LogP contribution in [0.25, 0.3) is 0 Å². The van der Waals surface area contributed by atoms with Crippen molar-refractivity contribution in [3.63, 3.8) is 0 Å². The Morgan fingerprint density at radius 2 is 2.16 bits per heavy atom. The van der Waals surface area contributed by atoms with E-state index in [1.165, 1.54) is 6.26 Å². The first kappa shape index (κ1) is 17.6. The molecule has 0 aliphatic carbocycles. The molecular formula is C18H25N3O4. The standard InChI is InChI=1S/C18H25N3O4/c1-13-2-3-16(14(8-13)10-22)19-15-4-6-21(7-5-15)9-17(23)20-18-11-24-12-25-18/h2-3,8,11,15,19,22H,4-7,9-10,12H2,1H3,(H,20,23). The van der Waals surface area contributed by atoms with Gasteiger partial charge in [0.15, 0.2) is 0 Å². The lowest BCUT2D eigenvalue weighted by atomic mass is 10.0. The van der Waals surface area contributed by atoms with Gasteiger partial charge < -0.3 is 19.9 Å². The van der Waals surface area contributed by atoms with E-state index in [-0.39, 0.29) is 19.3 Å². The zero-order valence-electron chi connectivity index (χ0n) is 14.5. The van der Waals surface area contributed by atoms with E-state index >= 15 is 0 Å². The number of hydrogen-bond donors (Lipinski definition) is 3. The molecule has 136 valence electrons. The molecule has 1 aromatic carbocycles. The number of anilines is 1.